The highest BCUT2D eigenvalue weighted by atomic mass is 16.6. The normalized spacial score (nSPS) is 22.9. The SMILES string of the molecule is CCCCCOC(=O)C[C@H](NCOC[C@@]1(C#N)O[C@@H](c2ccc3c(N)ncnn23)[C@H](O)[C@@H]1O)C(=O)OCCCCC. The molecule has 1 aliphatic heterocycles. The van der Waals surface area contributed by atoms with Crippen LogP contribution in [-0.2, 0) is 28.5 Å². The molecule has 3 heterocycles. The zero-order valence-electron chi connectivity index (χ0n) is 23.5. The highest BCUT2D eigenvalue weighted by Gasteiger charge is 2.56. The third kappa shape index (κ3) is 8.11. The number of nitrogen functional groups attached to an aromatic ring is 1. The second kappa shape index (κ2) is 15.6. The molecular formula is C27H40N6O8. The summed E-state index contributed by atoms with van der Waals surface area (Å²) >= 11 is 0. The monoisotopic (exact) mass is 576 g/mol. The maximum atomic E-state index is 12.7. The molecule has 0 amide bonds. The first-order chi connectivity index (χ1) is 19.8. The topological polar surface area (TPSA) is 204 Å². The van der Waals surface area contributed by atoms with Crippen LogP contribution in [0.4, 0.5) is 5.82 Å². The number of nitrogens with two attached hydrogens (primary N) is 1. The molecule has 1 aliphatic rings. The molecule has 2 aromatic rings. The minimum absolute atomic E-state index is 0.212. The minimum Gasteiger partial charge on any atom is -0.466 e. The van der Waals surface area contributed by atoms with E-state index in [2.05, 4.69) is 15.4 Å². The molecule has 0 unspecified atom stereocenters. The number of fused-ring (bicyclic) bond motifs is 1. The van der Waals surface area contributed by atoms with E-state index in [-0.39, 0.29) is 32.2 Å². The van der Waals surface area contributed by atoms with Gasteiger partial charge in [0.25, 0.3) is 0 Å². The molecule has 226 valence electrons. The second-order valence-electron chi connectivity index (χ2n) is 9.93. The van der Waals surface area contributed by atoms with Crippen molar-refractivity contribution in [3.8, 4) is 6.07 Å². The van der Waals surface area contributed by atoms with E-state index in [0.29, 0.717) is 17.6 Å². The second-order valence-corrected chi connectivity index (χ2v) is 9.93. The Morgan fingerprint density at radius 1 is 1.20 bits per heavy atom. The van der Waals surface area contributed by atoms with Crippen LogP contribution in [0.15, 0.2) is 18.5 Å². The van der Waals surface area contributed by atoms with Crippen molar-refractivity contribution in [1.29, 1.82) is 5.26 Å². The largest absolute Gasteiger partial charge is 0.466 e. The van der Waals surface area contributed by atoms with Gasteiger partial charge in [-0.05, 0) is 25.0 Å². The van der Waals surface area contributed by atoms with E-state index in [0.717, 1.165) is 32.1 Å². The van der Waals surface area contributed by atoms with Crippen LogP contribution >= 0.6 is 0 Å². The van der Waals surface area contributed by atoms with E-state index < -0.39 is 48.5 Å². The Hall–Kier alpha value is -3.35. The summed E-state index contributed by atoms with van der Waals surface area (Å²) in [5.74, 6) is -0.968. The van der Waals surface area contributed by atoms with Crippen molar-refractivity contribution in [3.63, 3.8) is 0 Å². The zero-order valence-corrected chi connectivity index (χ0v) is 23.5. The first-order valence-electron chi connectivity index (χ1n) is 13.9. The lowest BCUT2D eigenvalue weighted by molar-refractivity contribution is -0.154. The number of rotatable bonds is 17. The van der Waals surface area contributed by atoms with Crippen molar-refractivity contribution in [1.82, 2.24) is 19.9 Å². The van der Waals surface area contributed by atoms with Crippen LogP contribution in [0.1, 0.15) is 70.6 Å². The van der Waals surface area contributed by atoms with Gasteiger partial charge in [-0.2, -0.15) is 10.4 Å². The summed E-state index contributed by atoms with van der Waals surface area (Å²) in [7, 11) is 0. The maximum absolute atomic E-state index is 12.7. The number of anilines is 1. The highest BCUT2D eigenvalue weighted by Crippen LogP contribution is 2.40. The Morgan fingerprint density at radius 2 is 1.90 bits per heavy atom. The van der Waals surface area contributed by atoms with Crippen LogP contribution in [0, 0.1) is 11.3 Å². The molecule has 1 saturated heterocycles. The van der Waals surface area contributed by atoms with Crippen LogP contribution in [0.25, 0.3) is 5.52 Å². The van der Waals surface area contributed by atoms with E-state index in [4.69, 9.17) is 24.7 Å². The summed E-state index contributed by atoms with van der Waals surface area (Å²) in [6.45, 7) is 3.82. The van der Waals surface area contributed by atoms with Gasteiger partial charge in [0.05, 0.1) is 38.7 Å². The van der Waals surface area contributed by atoms with E-state index in [1.807, 2.05) is 19.9 Å². The van der Waals surface area contributed by atoms with Gasteiger partial charge in [0.1, 0.15) is 42.3 Å². The molecule has 0 spiro atoms. The van der Waals surface area contributed by atoms with Gasteiger partial charge in [0.15, 0.2) is 5.82 Å². The van der Waals surface area contributed by atoms with Crippen molar-refractivity contribution in [3.05, 3.63) is 24.2 Å². The lowest BCUT2D eigenvalue weighted by atomic mass is 9.96. The fourth-order valence-corrected chi connectivity index (χ4v) is 4.47. The number of unbranched alkanes of at least 4 members (excludes halogenated alkanes) is 4. The van der Waals surface area contributed by atoms with E-state index in [1.54, 1.807) is 12.1 Å². The third-order valence-corrected chi connectivity index (χ3v) is 6.85. The van der Waals surface area contributed by atoms with E-state index >= 15 is 0 Å². The molecule has 41 heavy (non-hydrogen) atoms. The summed E-state index contributed by atoms with van der Waals surface area (Å²) < 4.78 is 23.4. The first kappa shape index (κ1) is 32.2. The van der Waals surface area contributed by atoms with Crippen molar-refractivity contribution in [2.75, 3.05) is 32.3 Å². The van der Waals surface area contributed by atoms with Gasteiger partial charge in [0, 0.05) is 0 Å². The highest BCUT2D eigenvalue weighted by molar-refractivity contribution is 5.82. The Balaban J connectivity index is 1.61. The number of nitriles is 1. The summed E-state index contributed by atoms with van der Waals surface area (Å²) in [5, 5.41) is 38.4. The molecule has 14 nitrogen and oxygen atoms in total. The first-order valence-corrected chi connectivity index (χ1v) is 13.9. The number of aromatic nitrogens is 3. The molecule has 3 rings (SSSR count). The van der Waals surface area contributed by atoms with Gasteiger partial charge in [-0.1, -0.05) is 39.5 Å². The zero-order chi connectivity index (χ0) is 29.8. The number of esters is 2. The number of carbonyl (C=O) groups is 2. The number of nitrogens with zero attached hydrogens (tertiary/aromatic N) is 4. The lowest BCUT2D eigenvalue weighted by Crippen LogP contribution is -2.47. The lowest BCUT2D eigenvalue weighted by Gasteiger charge is -2.25. The number of aliphatic hydroxyl groups excluding tert-OH is 2. The molecule has 14 heteroatoms. The smallest absolute Gasteiger partial charge is 0.323 e. The molecule has 0 aliphatic carbocycles. The summed E-state index contributed by atoms with van der Waals surface area (Å²) in [6.07, 6.45) is 1.95. The minimum atomic E-state index is -1.93. The van der Waals surface area contributed by atoms with Crippen LogP contribution < -0.4 is 11.1 Å². The van der Waals surface area contributed by atoms with Gasteiger partial charge >= 0.3 is 11.9 Å². The summed E-state index contributed by atoms with van der Waals surface area (Å²) in [6, 6.07) is 4.11. The van der Waals surface area contributed by atoms with Gasteiger partial charge in [-0.3, -0.25) is 14.9 Å². The van der Waals surface area contributed by atoms with Gasteiger partial charge in [-0.15, -0.1) is 0 Å². The number of hydrogen-bond acceptors (Lipinski definition) is 13. The number of ether oxygens (including phenoxy) is 4. The standard InChI is InChI=1S/C27H40N6O8/c1-3-5-7-11-39-21(34)13-18(26(37)40-12-8-6-4-2)31-17-38-15-27(14-28)24(36)22(35)23(41-27)19-9-10-20-25(29)30-16-32-33(19)20/h9-10,16,18,22-24,31,35-36H,3-8,11-13,15,17H2,1-2H3,(H2,29,30,32)/t18-,22-,23-,24-,27+/m0/s1. The fraction of sp³-hybridized carbons (Fsp3) is 0.667. The Morgan fingerprint density at radius 3 is 2.59 bits per heavy atom. The molecule has 1 fully saturated rings. The summed E-state index contributed by atoms with van der Waals surface area (Å²) in [5.41, 5.74) is 4.78. The Bertz CT molecular complexity index is 1190. The Labute approximate surface area is 238 Å². The van der Waals surface area contributed by atoms with Crippen molar-refractivity contribution in [2.45, 2.75) is 88.7 Å². The van der Waals surface area contributed by atoms with Crippen LogP contribution in [0.2, 0.25) is 0 Å². The fourth-order valence-electron chi connectivity index (χ4n) is 4.47. The molecule has 0 radical (unpaired) electrons. The van der Waals surface area contributed by atoms with Crippen molar-refractivity contribution < 1.29 is 38.7 Å². The Kier molecular flexibility index (Phi) is 12.2. The van der Waals surface area contributed by atoms with E-state index in [1.165, 1.54) is 10.8 Å². The molecule has 2 aromatic heterocycles. The average Bonchev–Trinajstić information content (AvgIpc) is 3.51. The van der Waals surface area contributed by atoms with Gasteiger partial charge in [0.2, 0.25) is 5.60 Å². The number of aliphatic hydroxyl groups is 2. The van der Waals surface area contributed by atoms with E-state index in [9.17, 15) is 25.1 Å². The molecular weight excluding hydrogens is 536 g/mol. The van der Waals surface area contributed by atoms with Crippen LogP contribution in [0.3, 0.4) is 0 Å². The van der Waals surface area contributed by atoms with Crippen LogP contribution in [0.5, 0.6) is 0 Å². The molecule has 0 aromatic carbocycles. The average molecular weight is 577 g/mol. The maximum Gasteiger partial charge on any atom is 0.323 e. The number of carbonyl (C=O) groups excluding carboxylic acids is 2. The molecule has 5 N–H and O–H groups in total. The quantitative estimate of drug-likeness (QED) is 0.119. The predicted molar refractivity (Wildman–Crippen MR) is 145 cm³/mol. The molecule has 0 bridgehead atoms. The van der Waals surface area contributed by atoms with Crippen LogP contribution in [-0.4, -0.2) is 87.2 Å². The summed E-state index contributed by atoms with van der Waals surface area (Å²) in [4.78, 5) is 28.9. The third-order valence-electron chi connectivity index (χ3n) is 6.85. The van der Waals surface area contributed by atoms with Gasteiger partial charge in [-0.25, -0.2) is 9.50 Å². The predicted octanol–water partition coefficient (Wildman–Crippen LogP) is 1.16. The number of nitrogens with one attached hydrogen (secondary N) is 1. The molecule has 5 atom stereocenters. The van der Waals surface area contributed by atoms with Crippen molar-refractivity contribution >= 4 is 23.3 Å². The van der Waals surface area contributed by atoms with Gasteiger partial charge < -0.3 is 34.9 Å². The number of hydrogen-bond donors (Lipinski definition) is 4. The molecule has 0 saturated carbocycles. The van der Waals surface area contributed by atoms with Crippen molar-refractivity contribution in [2.24, 2.45) is 0 Å².